The van der Waals surface area contributed by atoms with Gasteiger partial charge in [-0.2, -0.15) is 0 Å². The summed E-state index contributed by atoms with van der Waals surface area (Å²) in [7, 11) is 0. The molecule has 0 aromatic heterocycles. The lowest BCUT2D eigenvalue weighted by molar-refractivity contribution is -0.0559. The van der Waals surface area contributed by atoms with Gasteiger partial charge < -0.3 is 0 Å². The summed E-state index contributed by atoms with van der Waals surface area (Å²) in [5.74, 6) is 3.54. The predicted octanol–water partition coefficient (Wildman–Crippen LogP) is 3.88. The van der Waals surface area contributed by atoms with Crippen LogP contribution in [0.4, 0.5) is 0 Å². The molecule has 1 fully saturated rings. The lowest BCUT2D eigenvalue weighted by Crippen LogP contribution is -2.49. The first-order valence-corrected chi connectivity index (χ1v) is 5.66. The maximum atomic E-state index is 2.53. The summed E-state index contributed by atoms with van der Waals surface area (Å²) in [5, 5.41) is 0. The number of allylic oxidation sites excluding steroid dienone is 2. The zero-order chi connectivity index (χ0) is 9.80. The summed E-state index contributed by atoms with van der Waals surface area (Å²) in [6.45, 7) is 12.0. The van der Waals surface area contributed by atoms with Crippen molar-refractivity contribution in [1.82, 2.24) is 0 Å². The average Bonchev–Trinajstić information content (AvgIpc) is 2.19. The maximum absolute atomic E-state index is 2.53. The summed E-state index contributed by atoms with van der Waals surface area (Å²) in [6, 6.07) is 0. The number of fused-ring (bicyclic) bond motifs is 1. The first-order chi connectivity index (χ1) is 5.98. The van der Waals surface area contributed by atoms with E-state index in [-0.39, 0.29) is 0 Å². The molecule has 0 bridgehead atoms. The van der Waals surface area contributed by atoms with E-state index in [0.29, 0.717) is 5.41 Å². The van der Waals surface area contributed by atoms with E-state index < -0.39 is 0 Å². The minimum atomic E-state index is 0.609. The van der Waals surface area contributed by atoms with Gasteiger partial charge >= 0.3 is 0 Å². The third-order valence-corrected chi connectivity index (χ3v) is 4.99. The Balaban J connectivity index is 2.23. The largest absolute Gasteiger partial charge is 0.0816 e. The van der Waals surface area contributed by atoms with Crippen LogP contribution >= 0.6 is 0 Å². The highest BCUT2D eigenvalue weighted by Crippen LogP contribution is 2.64. The fourth-order valence-electron chi connectivity index (χ4n) is 3.73. The summed E-state index contributed by atoms with van der Waals surface area (Å²) >= 11 is 0. The van der Waals surface area contributed by atoms with Crippen LogP contribution in [0.3, 0.4) is 0 Å². The van der Waals surface area contributed by atoms with Crippen molar-refractivity contribution in [1.29, 1.82) is 0 Å². The average molecular weight is 178 g/mol. The van der Waals surface area contributed by atoms with Crippen LogP contribution in [-0.2, 0) is 0 Å². The van der Waals surface area contributed by atoms with E-state index in [1.807, 2.05) is 0 Å². The Morgan fingerprint density at radius 2 is 2.08 bits per heavy atom. The third-order valence-electron chi connectivity index (χ3n) is 4.99. The molecule has 0 nitrogen and oxygen atoms in total. The zero-order valence-electron chi connectivity index (χ0n) is 9.59. The summed E-state index contributed by atoms with van der Waals surface area (Å²) in [4.78, 5) is 0. The molecule has 0 saturated heterocycles. The van der Waals surface area contributed by atoms with Crippen LogP contribution in [0.5, 0.6) is 0 Å². The van der Waals surface area contributed by atoms with E-state index in [1.54, 1.807) is 5.57 Å². The van der Waals surface area contributed by atoms with Gasteiger partial charge in [0.1, 0.15) is 0 Å². The van der Waals surface area contributed by atoms with Gasteiger partial charge in [-0.3, -0.25) is 0 Å². The zero-order valence-corrected chi connectivity index (χ0v) is 9.59. The van der Waals surface area contributed by atoms with E-state index in [9.17, 15) is 0 Å². The Hall–Kier alpha value is -0.260. The monoisotopic (exact) mass is 178 g/mol. The normalized spacial score (nSPS) is 48.8. The van der Waals surface area contributed by atoms with Crippen LogP contribution in [0.25, 0.3) is 0 Å². The van der Waals surface area contributed by atoms with Crippen molar-refractivity contribution in [2.24, 2.45) is 29.1 Å². The topological polar surface area (TPSA) is 0 Å². The van der Waals surface area contributed by atoms with Crippen LogP contribution in [0.15, 0.2) is 11.6 Å². The van der Waals surface area contributed by atoms with Crippen LogP contribution in [-0.4, -0.2) is 0 Å². The molecule has 0 aromatic carbocycles. The van der Waals surface area contributed by atoms with Gasteiger partial charge in [-0.1, -0.05) is 39.3 Å². The minimum absolute atomic E-state index is 0.609. The molecule has 0 radical (unpaired) electrons. The first kappa shape index (κ1) is 9.30. The molecular weight excluding hydrogens is 156 g/mol. The van der Waals surface area contributed by atoms with Crippen molar-refractivity contribution in [3.05, 3.63) is 11.6 Å². The first-order valence-electron chi connectivity index (χ1n) is 5.66. The molecule has 0 aromatic rings. The smallest absolute Gasteiger partial charge is 0.0165 e. The quantitative estimate of drug-likeness (QED) is 0.534. The van der Waals surface area contributed by atoms with Gasteiger partial charge in [0.15, 0.2) is 0 Å². The molecular formula is C13H22. The van der Waals surface area contributed by atoms with Crippen molar-refractivity contribution in [2.75, 3.05) is 0 Å². The van der Waals surface area contributed by atoms with Gasteiger partial charge in [-0.25, -0.2) is 0 Å². The van der Waals surface area contributed by atoms with E-state index in [2.05, 4.69) is 40.7 Å². The second-order valence-corrected chi connectivity index (χ2v) is 5.69. The molecule has 0 amide bonds. The highest BCUT2D eigenvalue weighted by Gasteiger charge is 2.57. The Bertz CT molecular complexity index is 249. The van der Waals surface area contributed by atoms with Gasteiger partial charge in [0.25, 0.3) is 0 Å². The minimum Gasteiger partial charge on any atom is -0.0816 e. The lowest BCUT2D eigenvalue weighted by atomic mass is 9.49. The standard InChI is InChI=1S/C13H22/c1-8(2)12-7-11-6-9(3)10(4)13(11,12)5/h6,8,10-12H,7H2,1-5H3. The van der Waals surface area contributed by atoms with Gasteiger partial charge in [0.2, 0.25) is 0 Å². The molecule has 2 aliphatic rings. The highest BCUT2D eigenvalue weighted by molar-refractivity contribution is 5.26. The summed E-state index contributed by atoms with van der Waals surface area (Å²) < 4.78 is 0. The van der Waals surface area contributed by atoms with Crippen molar-refractivity contribution in [3.8, 4) is 0 Å². The van der Waals surface area contributed by atoms with Gasteiger partial charge in [0.05, 0.1) is 0 Å². The fraction of sp³-hybridized carbons (Fsp3) is 0.846. The molecule has 4 atom stereocenters. The van der Waals surface area contributed by atoms with Crippen molar-refractivity contribution >= 4 is 0 Å². The van der Waals surface area contributed by atoms with Crippen LogP contribution in [0.2, 0.25) is 0 Å². The van der Waals surface area contributed by atoms with Gasteiger partial charge in [-0.15, -0.1) is 0 Å². The second-order valence-electron chi connectivity index (χ2n) is 5.69. The molecule has 13 heavy (non-hydrogen) atoms. The SMILES string of the molecule is CC1=CC2CC(C(C)C)C2(C)C1C. The third kappa shape index (κ3) is 0.978. The Morgan fingerprint density at radius 3 is 2.54 bits per heavy atom. The molecule has 2 rings (SSSR count). The van der Waals surface area contributed by atoms with Crippen LogP contribution in [0, 0.1) is 29.1 Å². The molecule has 0 aliphatic heterocycles. The summed E-state index contributed by atoms with van der Waals surface area (Å²) in [5.41, 5.74) is 2.24. The van der Waals surface area contributed by atoms with Gasteiger partial charge in [-0.05, 0) is 42.4 Å². The summed E-state index contributed by atoms with van der Waals surface area (Å²) in [6.07, 6.45) is 3.97. The van der Waals surface area contributed by atoms with E-state index >= 15 is 0 Å². The number of hydrogen-bond acceptors (Lipinski definition) is 0. The molecule has 74 valence electrons. The molecule has 2 aliphatic carbocycles. The number of rotatable bonds is 1. The van der Waals surface area contributed by atoms with E-state index in [1.165, 1.54) is 6.42 Å². The Labute approximate surface area is 82.4 Å². The molecule has 0 spiro atoms. The predicted molar refractivity (Wildman–Crippen MR) is 57.5 cm³/mol. The fourth-order valence-corrected chi connectivity index (χ4v) is 3.73. The molecule has 0 heteroatoms. The molecule has 0 N–H and O–H groups in total. The van der Waals surface area contributed by atoms with E-state index in [0.717, 1.165) is 23.7 Å². The Kier molecular flexibility index (Phi) is 1.87. The molecule has 0 heterocycles. The van der Waals surface area contributed by atoms with Crippen LogP contribution < -0.4 is 0 Å². The number of hydrogen-bond donors (Lipinski definition) is 0. The maximum Gasteiger partial charge on any atom is -0.0165 e. The lowest BCUT2D eigenvalue weighted by Gasteiger charge is -2.55. The molecule has 1 saturated carbocycles. The van der Waals surface area contributed by atoms with E-state index in [4.69, 9.17) is 0 Å². The molecule has 4 unspecified atom stereocenters. The highest BCUT2D eigenvalue weighted by atomic mass is 14.6. The van der Waals surface area contributed by atoms with Crippen molar-refractivity contribution < 1.29 is 0 Å². The van der Waals surface area contributed by atoms with Crippen molar-refractivity contribution in [3.63, 3.8) is 0 Å². The van der Waals surface area contributed by atoms with Crippen LogP contribution in [0.1, 0.15) is 41.0 Å². The Morgan fingerprint density at radius 1 is 1.46 bits per heavy atom. The van der Waals surface area contributed by atoms with Gasteiger partial charge in [0, 0.05) is 0 Å². The van der Waals surface area contributed by atoms with Crippen molar-refractivity contribution in [2.45, 2.75) is 41.0 Å². The second kappa shape index (κ2) is 2.62.